The number of fused-ring (bicyclic) bond motifs is 1. The molecule has 0 aromatic heterocycles. The van der Waals surface area contributed by atoms with Crippen LogP contribution in [0.25, 0.3) is 6.08 Å². The second kappa shape index (κ2) is 7.86. The molecule has 2 aromatic carbocycles. The summed E-state index contributed by atoms with van der Waals surface area (Å²) in [6.45, 7) is 3.66. The second-order valence-corrected chi connectivity index (χ2v) is 7.61. The van der Waals surface area contributed by atoms with Gasteiger partial charge in [-0.1, -0.05) is 48.6 Å². The molecule has 3 atom stereocenters. The van der Waals surface area contributed by atoms with Gasteiger partial charge in [0.25, 0.3) is 0 Å². The van der Waals surface area contributed by atoms with Crippen LogP contribution in [0.2, 0.25) is 0 Å². The number of rotatable bonds is 5. The van der Waals surface area contributed by atoms with Crippen molar-refractivity contribution in [3.63, 3.8) is 0 Å². The van der Waals surface area contributed by atoms with E-state index in [1.54, 1.807) is 12.1 Å². The summed E-state index contributed by atoms with van der Waals surface area (Å²) in [5.41, 5.74) is 3.29. The van der Waals surface area contributed by atoms with Gasteiger partial charge < -0.3 is 10.0 Å². The van der Waals surface area contributed by atoms with Crippen LogP contribution in [-0.4, -0.2) is 52.6 Å². The van der Waals surface area contributed by atoms with Gasteiger partial charge in [0.2, 0.25) is 5.91 Å². The number of hydrogen-bond acceptors (Lipinski definition) is 3. The van der Waals surface area contributed by atoms with Crippen molar-refractivity contribution in [3.8, 4) is 0 Å². The molecule has 4 nitrogen and oxygen atoms in total. The number of nitrogens with zero attached hydrogens (tertiary/aromatic N) is 2. The SMILES string of the molecule is C/C=C/c1ccc([C@H]2[C@@H](CO)N3C(=O)CN(Cc4ccc(F)cc4)C[C@@H]23)cc1. The van der Waals surface area contributed by atoms with Crippen molar-refractivity contribution in [3.05, 3.63) is 77.1 Å². The van der Waals surface area contributed by atoms with Crippen LogP contribution in [0.15, 0.2) is 54.6 Å². The van der Waals surface area contributed by atoms with Gasteiger partial charge in [-0.15, -0.1) is 0 Å². The van der Waals surface area contributed by atoms with Crippen LogP contribution < -0.4 is 0 Å². The van der Waals surface area contributed by atoms with Gasteiger partial charge in [0.15, 0.2) is 0 Å². The van der Waals surface area contributed by atoms with E-state index in [2.05, 4.69) is 35.2 Å². The van der Waals surface area contributed by atoms with Crippen LogP contribution >= 0.6 is 0 Å². The first-order valence-electron chi connectivity index (χ1n) is 9.72. The van der Waals surface area contributed by atoms with E-state index in [1.807, 2.05) is 17.9 Å². The zero-order chi connectivity index (χ0) is 19.7. The first kappa shape index (κ1) is 18.8. The van der Waals surface area contributed by atoms with E-state index in [0.29, 0.717) is 13.1 Å². The highest BCUT2D eigenvalue weighted by molar-refractivity contribution is 5.81. The number of benzene rings is 2. The lowest BCUT2D eigenvalue weighted by Gasteiger charge is -2.59. The summed E-state index contributed by atoms with van der Waals surface area (Å²) < 4.78 is 13.1. The fourth-order valence-corrected chi connectivity index (χ4v) is 4.56. The van der Waals surface area contributed by atoms with Crippen molar-refractivity contribution in [1.29, 1.82) is 0 Å². The van der Waals surface area contributed by atoms with Crippen molar-refractivity contribution in [2.45, 2.75) is 31.5 Å². The molecule has 5 heteroatoms. The van der Waals surface area contributed by atoms with Gasteiger partial charge in [-0.2, -0.15) is 0 Å². The summed E-state index contributed by atoms with van der Waals surface area (Å²) in [7, 11) is 0. The van der Waals surface area contributed by atoms with Crippen molar-refractivity contribution in [2.75, 3.05) is 19.7 Å². The lowest BCUT2D eigenvalue weighted by molar-refractivity contribution is -0.162. The van der Waals surface area contributed by atoms with Crippen LogP contribution in [0.4, 0.5) is 4.39 Å². The molecule has 28 heavy (non-hydrogen) atoms. The zero-order valence-corrected chi connectivity index (χ0v) is 16.0. The molecule has 4 rings (SSSR count). The third-order valence-corrected chi connectivity index (χ3v) is 5.82. The Labute approximate surface area is 164 Å². The van der Waals surface area contributed by atoms with E-state index >= 15 is 0 Å². The summed E-state index contributed by atoms with van der Waals surface area (Å²) in [4.78, 5) is 16.7. The maximum Gasteiger partial charge on any atom is 0.237 e. The topological polar surface area (TPSA) is 43.8 Å². The van der Waals surface area contributed by atoms with E-state index in [9.17, 15) is 14.3 Å². The first-order chi connectivity index (χ1) is 13.6. The Morgan fingerprint density at radius 2 is 1.86 bits per heavy atom. The molecule has 2 aliphatic rings. The lowest BCUT2D eigenvalue weighted by atomic mass is 9.73. The number of aliphatic hydroxyl groups excluding tert-OH is 1. The molecule has 2 saturated heterocycles. The molecule has 0 aliphatic carbocycles. The molecular weight excluding hydrogens is 355 g/mol. The molecule has 1 amide bonds. The molecule has 0 saturated carbocycles. The zero-order valence-electron chi connectivity index (χ0n) is 16.0. The molecule has 0 bridgehead atoms. The summed E-state index contributed by atoms with van der Waals surface area (Å²) in [5.74, 6) is -0.0697. The van der Waals surface area contributed by atoms with Crippen molar-refractivity contribution in [2.24, 2.45) is 0 Å². The summed E-state index contributed by atoms with van der Waals surface area (Å²) in [6, 6.07) is 14.7. The smallest absolute Gasteiger partial charge is 0.237 e. The fourth-order valence-electron chi connectivity index (χ4n) is 4.56. The molecule has 146 valence electrons. The van der Waals surface area contributed by atoms with E-state index in [0.717, 1.165) is 23.2 Å². The maximum absolute atomic E-state index is 13.1. The Morgan fingerprint density at radius 3 is 2.50 bits per heavy atom. The predicted molar refractivity (Wildman–Crippen MR) is 107 cm³/mol. The number of hydrogen-bond donors (Lipinski definition) is 1. The number of allylic oxidation sites excluding steroid dienone is 1. The fraction of sp³-hybridized carbons (Fsp3) is 0.348. The minimum absolute atomic E-state index is 0.0263. The summed E-state index contributed by atoms with van der Waals surface area (Å²) >= 11 is 0. The van der Waals surface area contributed by atoms with E-state index in [4.69, 9.17) is 0 Å². The third kappa shape index (κ3) is 3.48. The molecule has 0 unspecified atom stereocenters. The number of piperazine rings is 1. The van der Waals surface area contributed by atoms with Crippen LogP contribution in [0.1, 0.15) is 29.5 Å². The summed E-state index contributed by atoms with van der Waals surface area (Å²) in [5, 5.41) is 9.89. The third-order valence-electron chi connectivity index (χ3n) is 5.82. The number of halogens is 1. The monoisotopic (exact) mass is 380 g/mol. The van der Waals surface area contributed by atoms with Crippen molar-refractivity contribution < 1.29 is 14.3 Å². The Balaban J connectivity index is 1.52. The highest BCUT2D eigenvalue weighted by Crippen LogP contribution is 2.43. The number of carbonyl (C=O) groups excluding carboxylic acids is 1. The molecule has 1 N–H and O–H groups in total. The van der Waals surface area contributed by atoms with Crippen LogP contribution in [0.5, 0.6) is 0 Å². The Kier molecular flexibility index (Phi) is 5.29. The Hall–Kier alpha value is -2.50. The number of amides is 1. The van der Waals surface area contributed by atoms with Gasteiger partial charge in [0.05, 0.1) is 25.2 Å². The first-order valence-corrected chi connectivity index (χ1v) is 9.72. The standard InChI is InChI=1S/C23H25FN2O2/c1-2-3-16-4-8-18(9-5-16)23-20-13-25(12-17-6-10-19(24)11-7-17)14-22(28)26(20)21(23)15-27/h2-11,20-21,23,27H,12-15H2,1H3/b3-2+/t20-,21+,23+/m0/s1. The Morgan fingerprint density at radius 1 is 1.14 bits per heavy atom. The van der Waals surface area contributed by atoms with Gasteiger partial charge >= 0.3 is 0 Å². The quantitative estimate of drug-likeness (QED) is 0.867. The van der Waals surface area contributed by atoms with E-state index in [1.165, 1.54) is 12.1 Å². The van der Waals surface area contributed by atoms with Crippen LogP contribution in [-0.2, 0) is 11.3 Å². The average Bonchev–Trinajstić information content (AvgIpc) is 2.67. The normalized spacial score (nSPS) is 25.0. The van der Waals surface area contributed by atoms with Crippen LogP contribution in [0, 0.1) is 5.82 Å². The average molecular weight is 380 g/mol. The second-order valence-electron chi connectivity index (χ2n) is 7.61. The Bertz CT molecular complexity index is 863. The molecule has 2 heterocycles. The molecule has 0 radical (unpaired) electrons. The van der Waals surface area contributed by atoms with Gasteiger partial charge in [-0.25, -0.2) is 4.39 Å². The van der Waals surface area contributed by atoms with Gasteiger partial charge in [0, 0.05) is 19.0 Å². The predicted octanol–water partition coefficient (Wildman–Crippen LogP) is 3.03. The van der Waals surface area contributed by atoms with Gasteiger partial charge in [0.1, 0.15) is 5.82 Å². The molecule has 0 spiro atoms. The van der Waals surface area contributed by atoms with E-state index < -0.39 is 0 Å². The molecule has 2 aliphatic heterocycles. The minimum atomic E-state index is -0.254. The van der Waals surface area contributed by atoms with Crippen molar-refractivity contribution in [1.82, 2.24) is 9.80 Å². The van der Waals surface area contributed by atoms with Crippen molar-refractivity contribution >= 4 is 12.0 Å². The minimum Gasteiger partial charge on any atom is -0.394 e. The summed E-state index contributed by atoms with van der Waals surface area (Å²) in [6.07, 6.45) is 4.05. The largest absolute Gasteiger partial charge is 0.394 e. The highest BCUT2D eigenvalue weighted by Gasteiger charge is 2.53. The number of aliphatic hydroxyl groups is 1. The maximum atomic E-state index is 13.1. The highest BCUT2D eigenvalue weighted by atomic mass is 19.1. The van der Waals surface area contributed by atoms with Gasteiger partial charge in [-0.05, 0) is 35.7 Å². The molecule has 2 fully saturated rings. The van der Waals surface area contributed by atoms with E-state index in [-0.39, 0.29) is 36.3 Å². The lowest BCUT2D eigenvalue weighted by Crippen LogP contribution is -2.72. The van der Waals surface area contributed by atoms with Crippen LogP contribution in [0.3, 0.4) is 0 Å². The number of carbonyl (C=O) groups is 1. The van der Waals surface area contributed by atoms with Gasteiger partial charge in [-0.3, -0.25) is 9.69 Å². The molecule has 2 aromatic rings. The molecular formula is C23H25FN2O2.